The third-order valence-electron chi connectivity index (χ3n) is 7.31. The number of ether oxygens (including phenoxy) is 3. The Balaban J connectivity index is 1.49. The zero-order valence-electron chi connectivity index (χ0n) is 20.3. The van der Waals surface area contributed by atoms with Crippen molar-refractivity contribution in [2.24, 2.45) is 0 Å². The van der Waals surface area contributed by atoms with Crippen LogP contribution in [0.15, 0.2) is 30.3 Å². The zero-order chi connectivity index (χ0) is 24.4. The Morgan fingerprint density at radius 2 is 1.83 bits per heavy atom. The molecule has 1 aliphatic heterocycles. The molecule has 6 nitrogen and oxygen atoms in total. The van der Waals surface area contributed by atoms with E-state index in [1.54, 1.807) is 6.07 Å². The number of anilines is 1. The minimum absolute atomic E-state index is 0.0996. The van der Waals surface area contributed by atoms with Gasteiger partial charge in [0.1, 0.15) is 5.54 Å². The number of benzene rings is 2. The second-order valence-corrected chi connectivity index (χ2v) is 10.2. The topological polar surface area (TPSA) is 77.0 Å². The molecule has 35 heavy (non-hydrogen) atoms. The maximum atomic E-state index is 15.6. The Morgan fingerprint density at radius 1 is 1.09 bits per heavy atom. The Labute approximate surface area is 205 Å². The summed E-state index contributed by atoms with van der Waals surface area (Å²) in [5.41, 5.74) is 2.59. The highest BCUT2D eigenvalue weighted by Gasteiger charge is 2.40. The second kappa shape index (κ2) is 10.2. The lowest BCUT2D eigenvalue weighted by molar-refractivity contribution is -0.145. The van der Waals surface area contributed by atoms with Gasteiger partial charge in [-0.1, -0.05) is 18.9 Å². The first-order valence-corrected chi connectivity index (χ1v) is 12.7. The van der Waals surface area contributed by atoms with E-state index in [0.717, 1.165) is 55.2 Å². The number of aryl methyl sites for hydroxylation is 1. The molecule has 1 saturated heterocycles. The van der Waals surface area contributed by atoms with Crippen molar-refractivity contribution in [2.45, 2.75) is 82.6 Å². The zero-order valence-corrected chi connectivity index (χ0v) is 20.3. The number of carboxylic acids is 1. The SMILES string of the molecule is Cc1cc(OC2CC2)c(F)c(-c2ccc(NC3(C(=O)O)CCOCC3)cc2COC2CCCC2)c1. The third kappa shape index (κ3) is 5.46. The fourth-order valence-electron chi connectivity index (χ4n) is 5.09. The van der Waals surface area contributed by atoms with Crippen LogP contribution in [0.5, 0.6) is 5.75 Å². The van der Waals surface area contributed by atoms with Crippen LogP contribution in [0.25, 0.3) is 11.1 Å². The van der Waals surface area contributed by atoms with Gasteiger partial charge < -0.3 is 24.6 Å². The van der Waals surface area contributed by atoms with E-state index in [-0.39, 0.29) is 18.0 Å². The summed E-state index contributed by atoms with van der Waals surface area (Å²) in [4.78, 5) is 12.2. The highest BCUT2D eigenvalue weighted by atomic mass is 19.1. The van der Waals surface area contributed by atoms with Crippen LogP contribution in [0.1, 0.15) is 62.5 Å². The van der Waals surface area contributed by atoms with Gasteiger partial charge in [-0.15, -0.1) is 0 Å². The highest BCUT2D eigenvalue weighted by molar-refractivity contribution is 5.83. The lowest BCUT2D eigenvalue weighted by Gasteiger charge is -2.35. The molecule has 7 heteroatoms. The summed E-state index contributed by atoms with van der Waals surface area (Å²) in [7, 11) is 0. The molecule has 2 aromatic rings. The van der Waals surface area contributed by atoms with E-state index in [1.807, 2.05) is 31.2 Å². The predicted octanol–water partition coefficient (Wildman–Crippen LogP) is 5.85. The fraction of sp³-hybridized carbons (Fsp3) is 0.536. The van der Waals surface area contributed by atoms with Crippen LogP contribution < -0.4 is 10.1 Å². The van der Waals surface area contributed by atoms with Gasteiger partial charge in [-0.25, -0.2) is 9.18 Å². The van der Waals surface area contributed by atoms with Crippen LogP contribution in [-0.2, 0) is 20.9 Å². The molecule has 3 aliphatic rings. The molecule has 0 amide bonds. The van der Waals surface area contributed by atoms with Crippen LogP contribution in [0.4, 0.5) is 10.1 Å². The van der Waals surface area contributed by atoms with Crippen LogP contribution >= 0.6 is 0 Å². The quantitative estimate of drug-likeness (QED) is 0.466. The number of carbonyl (C=O) groups is 1. The minimum atomic E-state index is -1.08. The van der Waals surface area contributed by atoms with E-state index in [0.29, 0.717) is 49.7 Å². The maximum absolute atomic E-state index is 15.6. The van der Waals surface area contributed by atoms with Crippen LogP contribution in [0, 0.1) is 12.7 Å². The average Bonchev–Trinajstić information content (AvgIpc) is 3.51. The number of hydrogen-bond donors (Lipinski definition) is 2. The van der Waals surface area contributed by atoms with Crippen molar-refractivity contribution in [3.05, 3.63) is 47.3 Å². The third-order valence-corrected chi connectivity index (χ3v) is 7.31. The lowest BCUT2D eigenvalue weighted by atomic mass is 9.89. The molecular formula is C28H34FNO5. The maximum Gasteiger partial charge on any atom is 0.329 e. The van der Waals surface area contributed by atoms with E-state index in [9.17, 15) is 9.90 Å². The van der Waals surface area contributed by atoms with Crippen molar-refractivity contribution in [2.75, 3.05) is 18.5 Å². The number of hydrogen-bond acceptors (Lipinski definition) is 5. The van der Waals surface area contributed by atoms with Gasteiger partial charge in [0.2, 0.25) is 0 Å². The van der Waals surface area contributed by atoms with E-state index in [2.05, 4.69) is 5.32 Å². The van der Waals surface area contributed by atoms with Gasteiger partial charge in [-0.05, 0) is 73.6 Å². The number of rotatable bonds is 9. The molecule has 2 aliphatic carbocycles. The molecule has 3 fully saturated rings. The molecule has 0 unspecified atom stereocenters. The van der Waals surface area contributed by atoms with E-state index in [1.165, 1.54) is 0 Å². The standard InChI is InChI=1S/C28H34FNO5/c1-18-14-24(26(29)25(15-18)35-22-7-8-22)23-9-6-20(16-19(23)17-34-21-4-2-3-5-21)30-28(27(31)32)10-12-33-13-11-28/h6,9,14-16,21-22,30H,2-5,7-8,10-13,17H2,1H3,(H,31,32). The minimum Gasteiger partial charge on any atom is -0.487 e. The van der Waals surface area contributed by atoms with Gasteiger partial charge in [0, 0.05) is 37.3 Å². The molecule has 0 atom stereocenters. The monoisotopic (exact) mass is 483 g/mol. The number of aliphatic carboxylic acids is 1. The van der Waals surface area contributed by atoms with E-state index >= 15 is 4.39 Å². The summed E-state index contributed by atoms with van der Waals surface area (Å²) < 4.78 is 33.1. The normalized spacial score (nSPS) is 20.1. The van der Waals surface area contributed by atoms with E-state index in [4.69, 9.17) is 14.2 Å². The number of halogens is 1. The summed E-state index contributed by atoms with van der Waals surface area (Å²) in [6.07, 6.45) is 7.38. The second-order valence-electron chi connectivity index (χ2n) is 10.2. The molecule has 2 aromatic carbocycles. The first-order chi connectivity index (χ1) is 16.9. The van der Waals surface area contributed by atoms with Crippen molar-refractivity contribution in [1.82, 2.24) is 0 Å². The lowest BCUT2D eigenvalue weighted by Crippen LogP contribution is -2.50. The average molecular weight is 484 g/mol. The summed E-state index contributed by atoms with van der Waals surface area (Å²) in [5.74, 6) is -0.962. The van der Waals surface area contributed by atoms with Gasteiger partial charge in [0.05, 0.1) is 18.8 Å². The van der Waals surface area contributed by atoms with Crippen LogP contribution in [-0.4, -0.2) is 42.0 Å². The molecule has 2 N–H and O–H groups in total. The van der Waals surface area contributed by atoms with Gasteiger partial charge in [-0.2, -0.15) is 0 Å². The molecular weight excluding hydrogens is 449 g/mol. The Morgan fingerprint density at radius 3 is 2.51 bits per heavy atom. The Bertz CT molecular complexity index is 1070. The van der Waals surface area contributed by atoms with Crippen molar-refractivity contribution in [1.29, 1.82) is 0 Å². The van der Waals surface area contributed by atoms with Gasteiger partial charge in [-0.3, -0.25) is 0 Å². The summed E-state index contributed by atoms with van der Waals surface area (Å²) in [6, 6.07) is 9.20. The van der Waals surface area contributed by atoms with Crippen molar-refractivity contribution < 1.29 is 28.5 Å². The first-order valence-electron chi connectivity index (χ1n) is 12.7. The molecule has 2 saturated carbocycles. The van der Waals surface area contributed by atoms with E-state index < -0.39 is 11.5 Å². The summed E-state index contributed by atoms with van der Waals surface area (Å²) in [6.45, 7) is 3.07. The summed E-state index contributed by atoms with van der Waals surface area (Å²) in [5, 5.41) is 13.2. The molecule has 5 rings (SSSR count). The summed E-state index contributed by atoms with van der Waals surface area (Å²) >= 11 is 0. The van der Waals surface area contributed by atoms with Crippen molar-refractivity contribution >= 4 is 11.7 Å². The fourth-order valence-corrected chi connectivity index (χ4v) is 5.09. The van der Waals surface area contributed by atoms with Crippen LogP contribution in [0.3, 0.4) is 0 Å². The molecule has 0 aromatic heterocycles. The number of nitrogens with one attached hydrogen (secondary N) is 1. The molecule has 0 bridgehead atoms. The Kier molecular flexibility index (Phi) is 6.98. The molecule has 0 spiro atoms. The van der Waals surface area contributed by atoms with Gasteiger partial charge >= 0.3 is 5.97 Å². The largest absolute Gasteiger partial charge is 0.487 e. The van der Waals surface area contributed by atoms with Crippen molar-refractivity contribution in [3.8, 4) is 16.9 Å². The Hall–Kier alpha value is -2.64. The molecule has 188 valence electrons. The molecule has 1 heterocycles. The molecule has 0 radical (unpaired) electrons. The van der Waals surface area contributed by atoms with Crippen LogP contribution in [0.2, 0.25) is 0 Å². The smallest absolute Gasteiger partial charge is 0.329 e. The van der Waals surface area contributed by atoms with Gasteiger partial charge in [0.15, 0.2) is 11.6 Å². The first kappa shape index (κ1) is 24.1. The predicted molar refractivity (Wildman–Crippen MR) is 131 cm³/mol. The van der Waals surface area contributed by atoms with Gasteiger partial charge in [0.25, 0.3) is 0 Å². The number of carboxylic acid groups (broad SMARTS) is 1. The highest BCUT2D eigenvalue weighted by Crippen LogP contribution is 2.38. The van der Waals surface area contributed by atoms with Crippen molar-refractivity contribution in [3.63, 3.8) is 0 Å².